The molecule has 0 atom stereocenters. The summed E-state index contributed by atoms with van der Waals surface area (Å²) in [6, 6.07) is 17.7. The van der Waals surface area contributed by atoms with Crippen LogP contribution in [0.4, 0.5) is 0 Å². The molecule has 1 fully saturated rings. The van der Waals surface area contributed by atoms with Gasteiger partial charge in [0.25, 0.3) is 0 Å². The number of benzene rings is 2. The lowest BCUT2D eigenvalue weighted by Crippen LogP contribution is -2.52. The van der Waals surface area contributed by atoms with Crippen LogP contribution < -0.4 is 10.1 Å². The summed E-state index contributed by atoms with van der Waals surface area (Å²) in [5, 5.41) is 3.13. The first-order chi connectivity index (χ1) is 14.1. The molecular weight excluding hydrogens is 364 g/mol. The van der Waals surface area contributed by atoms with Crippen LogP contribution in [-0.2, 0) is 21.5 Å². The van der Waals surface area contributed by atoms with Crippen LogP contribution >= 0.6 is 0 Å². The number of nitrogens with one attached hydrogen (secondary N) is 1. The second-order valence-electron chi connectivity index (χ2n) is 7.57. The molecule has 0 aliphatic carbocycles. The van der Waals surface area contributed by atoms with E-state index >= 15 is 0 Å². The summed E-state index contributed by atoms with van der Waals surface area (Å²) in [4.78, 5) is 27.6. The number of carbonyl (C=O) groups excluding carboxylic acids is 2. The Morgan fingerprint density at radius 2 is 1.69 bits per heavy atom. The minimum Gasteiger partial charge on any atom is -0.496 e. The Kier molecular flexibility index (Phi) is 6.91. The van der Waals surface area contributed by atoms with E-state index < -0.39 is 5.41 Å². The third-order valence-corrected chi connectivity index (χ3v) is 5.83. The van der Waals surface area contributed by atoms with E-state index in [0.717, 1.165) is 23.3 Å². The van der Waals surface area contributed by atoms with Crippen LogP contribution in [0, 0.1) is 0 Å². The summed E-state index contributed by atoms with van der Waals surface area (Å²) in [5.74, 6) is 0.960. The summed E-state index contributed by atoms with van der Waals surface area (Å²) in [5.41, 5.74) is 1.34. The highest BCUT2D eigenvalue weighted by Gasteiger charge is 2.43. The fraction of sp³-hybridized carbons (Fsp3) is 0.417. The summed E-state index contributed by atoms with van der Waals surface area (Å²) in [7, 11) is 1.63. The number of amides is 2. The number of hydrogen-bond acceptors (Lipinski definition) is 3. The number of rotatable bonds is 7. The van der Waals surface area contributed by atoms with E-state index in [1.54, 1.807) is 7.11 Å². The van der Waals surface area contributed by atoms with E-state index in [1.807, 2.05) is 66.4 Å². The van der Waals surface area contributed by atoms with Gasteiger partial charge in [-0.15, -0.1) is 0 Å². The molecule has 2 amide bonds. The topological polar surface area (TPSA) is 58.6 Å². The molecule has 1 aliphatic rings. The third kappa shape index (κ3) is 4.61. The van der Waals surface area contributed by atoms with Crippen molar-refractivity contribution in [2.75, 3.05) is 20.2 Å². The van der Waals surface area contributed by atoms with Gasteiger partial charge in [0, 0.05) is 31.6 Å². The molecule has 29 heavy (non-hydrogen) atoms. The molecule has 0 spiro atoms. The number of para-hydroxylation sites is 1. The Hall–Kier alpha value is -2.82. The highest BCUT2D eigenvalue weighted by Crippen LogP contribution is 2.36. The van der Waals surface area contributed by atoms with Crippen molar-refractivity contribution in [3.05, 3.63) is 65.7 Å². The van der Waals surface area contributed by atoms with Crippen molar-refractivity contribution in [1.29, 1.82) is 0 Å². The molecule has 0 saturated carbocycles. The van der Waals surface area contributed by atoms with E-state index in [9.17, 15) is 9.59 Å². The van der Waals surface area contributed by atoms with Crippen LogP contribution in [0.2, 0.25) is 0 Å². The predicted octanol–water partition coefficient (Wildman–Crippen LogP) is 3.67. The van der Waals surface area contributed by atoms with Gasteiger partial charge in [-0.3, -0.25) is 9.59 Å². The standard InChI is InChI=1S/C24H30N2O3/c1-3-9-22(27)26-16-14-24(15-17-26,20-11-5-4-6-12-20)23(28)25-18-19-10-7-8-13-21(19)29-2/h4-8,10-13H,3,9,14-18H2,1-2H3,(H,25,28). The Labute approximate surface area is 173 Å². The largest absolute Gasteiger partial charge is 0.496 e. The number of likely N-dealkylation sites (tertiary alicyclic amines) is 1. The Bertz CT molecular complexity index is 827. The zero-order chi connectivity index (χ0) is 20.7. The van der Waals surface area contributed by atoms with Gasteiger partial charge in [0.2, 0.25) is 11.8 Å². The second kappa shape index (κ2) is 9.59. The van der Waals surface area contributed by atoms with Crippen molar-refractivity contribution in [2.24, 2.45) is 0 Å². The lowest BCUT2D eigenvalue weighted by Gasteiger charge is -2.41. The average molecular weight is 395 g/mol. The molecule has 0 bridgehead atoms. The highest BCUT2D eigenvalue weighted by atomic mass is 16.5. The highest BCUT2D eigenvalue weighted by molar-refractivity contribution is 5.89. The van der Waals surface area contributed by atoms with Crippen LogP contribution in [0.5, 0.6) is 5.75 Å². The minimum absolute atomic E-state index is 0.0113. The first-order valence-electron chi connectivity index (χ1n) is 10.3. The molecule has 1 saturated heterocycles. The summed E-state index contributed by atoms with van der Waals surface area (Å²) in [6.07, 6.45) is 2.67. The van der Waals surface area contributed by atoms with Gasteiger partial charge >= 0.3 is 0 Å². The zero-order valence-corrected chi connectivity index (χ0v) is 17.3. The Morgan fingerprint density at radius 3 is 2.34 bits per heavy atom. The van der Waals surface area contributed by atoms with Crippen LogP contribution in [0.3, 0.4) is 0 Å². The van der Waals surface area contributed by atoms with E-state index in [-0.39, 0.29) is 11.8 Å². The summed E-state index contributed by atoms with van der Waals surface area (Å²) in [6.45, 7) is 3.64. The van der Waals surface area contributed by atoms with Crippen LogP contribution in [0.25, 0.3) is 0 Å². The lowest BCUT2D eigenvalue weighted by molar-refractivity contribution is -0.137. The molecule has 0 radical (unpaired) electrons. The first kappa shape index (κ1) is 20.9. The Morgan fingerprint density at radius 1 is 1.03 bits per heavy atom. The molecular formula is C24H30N2O3. The normalized spacial score (nSPS) is 15.6. The second-order valence-corrected chi connectivity index (χ2v) is 7.57. The molecule has 5 nitrogen and oxygen atoms in total. The number of carbonyl (C=O) groups is 2. The summed E-state index contributed by atoms with van der Waals surface area (Å²) >= 11 is 0. The van der Waals surface area contributed by atoms with Crippen molar-refractivity contribution in [3.63, 3.8) is 0 Å². The van der Waals surface area contributed by atoms with Gasteiger partial charge in [0.05, 0.1) is 12.5 Å². The summed E-state index contributed by atoms with van der Waals surface area (Å²) < 4.78 is 5.40. The van der Waals surface area contributed by atoms with Crippen LogP contribution in [0.1, 0.15) is 43.7 Å². The number of ether oxygens (including phenoxy) is 1. The molecule has 5 heteroatoms. The van der Waals surface area contributed by atoms with E-state index in [4.69, 9.17) is 4.74 Å². The molecule has 3 rings (SSSR count). The van der Waals surface area contributed by atoms with Crippen molar-refractivity contribution in [2.45, 2.75) is 44.6 Å². The monoisotopic (exact) mass is 394 g/mol. The van der Waals surface area contributed by atoms with E-state index in [0.29, 0.717) is 38.9 Å². The maximum Gasteiger partial charge on any atom is 0.231 e. The van der Waals surface area contributed by atoms with Gasteiger partial charge in [-0.1, -0.05) is 55.5 Å². The lowest BCUT2D eigenvalue weighted by atomic mass is 9.72. The average Bonchev–Trinajstić information content (AvgIpc) is 2.78. The molecule has 154 valence electrons. The number of piperidine rings is 1. The predicted molar refractivity (Wildman–Crippen MR) is 114 cm³/mol. The fourth-order valence-electron chi connectivity index (χ4n) is 4.11. The van der Waals surface area contributed by atoms with Crippen molar-refractivity contribution >= 4 is 11.8 Å². The molecule has 1 heterocycles. The third-order valence-electron chi connectivity index (χ3n) is 5.83. The molecule has 1 aliphatic heterocycles. The van der Waals surface area contributed by atoms with Gasteiger partial charge in [-0.25, -0.2) is 0 Å². The van der Waals surface area contributed by atoms with Gasteiger partial charge in [0.1, 0.15) is 5.75 Å². The van der Waals surface area contributed by atoms with Gasteiger partial charge in [0.15, 0.2) is 0 Å². The van der Waals surface area contributed by atoms with Gasteiger partial charge in [-0.05, 0) is 30.9 Å². The van der Waals surface area contributed by atoms with E-state index in [2.05, 4.69) is 5.32 Å². The van der Waals surface area contributed by atoms with Crippen LogP contribution in [0.15, 0.2) is 54.6 Å². The van der Waals surface area contributed by atoms with Crippen molar-refractivity contribution in [3.8, 4) is 5.75 Å². The van der Waals surface area contributed by atoms with Crippen molar-refractivity contribution in [1.82, 2.24) is 10.2 Å². The number of hydrogen-bond donors (Lipinski definition) is 1. The molecule has 0 aromatic heterocycles. The smallest absolute Gasteiger partial charge is 0.231 e. The first-order valence-corrected chi connectivity index (χ1v) is 10.3. The molecule has 1 N–H and O–H groups in total. The maximum absolute atomic E-state index is 13.4. The van der Waals surface area contributed by atoms with E-state index in [1.165, 1.54) is 0 Å². The fourth-order valence-corrected chi connectivity index (χ4v) is 4.11. The molecule has 0 unspecified atom stereocenters. The van der Waals surface area contributed by atoms with Gasteiger partial charge < -0.3 is 15.0 Å². The number of nitrogens with zero attached hydrogens (tertiary/aromatic N) is 1. The van der Waals surface area contributed by atoms with Crippen LogP contribution in [-0.4, -0.2) is 36.9 Å². The molecule has 2 aromatic rings. The molecule has 2 aromatic carbocycles. The SMILES string of the molecule is CCCC(=O)N1CCC(C(=O)NCc2ccccc2OC)(c2ccccc2)CC1. The minimum atomic E-state index is -0.619. The zero-order valence-electron chi connectivity index (χ0n) is 17.3. The number of methoxy groups -OCH3 is 1. The maximum atomic E-state index is 13.4. The van der Waals surface area contributed by atoms with Crippen molar-refractivity contribution < 1.29 is 14.3 Å². The van der Waals surface area contributed by atoms with Gasteiger partial charge in [-0.2, -0.15) is 0 Å². The quantitative estimate of drug-likeness (QED) is 0.779. The Balaban J connectivity index is 1.78.